The van der Waals surface area contributed by atoms with E-state index in [2.05, 4.69) is 4.98 Å². The molecule has 8 nitrogen and oxygen atoms in total. The number of nitrogens with zero attached hydrogens (tertiary/aromatic N) is 4. The number of carbonyl (C=O) groups is 2. The number of furan rings is 1. The van der Waals surface area contributed by atoms with Gasteiger partial charge < -0.3 is 19.3 Å². The van der Waals surface area contributed by atoms with Gasteiger partial charge in [0.25, 0.3) is 11.7 Å². The number of amides is 1. The molecule has 3 aromatic rings. The van der Waals surface area contributed by atoms with Crippen molar-refractivity contribution in [3.8, 4) is 0 Å². The third-order valence-corrected chi connectivity index (χ3v) is 5.29. The summed E-state index contributed by atoms with van der Waals surface area (Å²) in [7, 11) is 3.90. The molecule has 1 aliphatic heterocycles. The molecule has 0 spiro atoms. The maximum atomic E-state index is 13.0. The minimum atomic E-state index is -0.782. The SMILES string of the molecule is Cc1nc2ccccn2c1C(O)=C1C(=O)C(=O)N(CCCN(C)C)[C@H]1c1ccco1. The van der Waals surface area contributed by atoms with Crippen LogP contribution in [0.1, 0.15) is 29.6 Å². The Bertz CT molecular complexity index is 1130. The van der Waals surface area contributed by atoms with Gasteiger partial charge in [0, 0.05) is 12.7 Å². The molecule has 3 aromatic heterocycles. The van der Waals surface area contributed by atoms with Crippen molar-refractivity contribution in [3.63, 3.8) is 0 Å². The van der Waals surface area contributed by atoms with E-state index >= 15 is 0 Å². The number of rotatable bonds is 6. The van der Waals surface area contributed by atoms with E-state index in [0.29, 0.717) is 35.8 Å². The average Bonchev–Trinajstić information content (AvgIpc) is 3.40. The van der Waals surface area contributed by atoms with Gasteiger partial charge in [-0.1, -0.05) is 6.07 Å². The molecule has 1 atom stereocenters. The van der Waals surface area contributed by atoms with E-state index < -0.39 is 17.7 Å². The highest BCUT2D eigenvalue weighted by molar-refractivity contribution is 6.46. The molecule has 8 heteroatoms. The van der Waals surface area contributed by atoms with Crippen molar-refractivity contribution in [2.75, 3.05) is 27.2 Å². The predicted molar refractivity (Wildman–Crippen MR) is 111 cm³/mol. The van der Waals surface area contributed by atoms with Crippen LogP contribution in [0.5, 0.6) is 0 Å². The molecule has 1 saturated heterocycles. The summed E-state index contributed by atoms with van der Waals surface area (Å²) in [5.74, 6) is -1.17. The zero-order valence-electron chi connectivity index (χ0n) is 17.2. The Hall–Kier alpha value is -3.39. The molecular weight excluding hydrogens is 384 g/mol. The van der Waals surface area contributed by atoms with E-state index in [-0.39, 0.29) is 11.3 Å². The number of carbonyl (C=O) groups excluding carboxylic acids is 2. The van der Waals surface area contributed by atoms with Gasteiger partial charge in [-0.05, 0) is 58.3 Å². The number of aliphatic hydroxyl groups excluding tert-OH is 1. The van der Waals surface area contributed by atoms with Gasteiger partial charge in [0.2, 0.25) is 0 Å². The lowest BCUT2D eigenvalue weighted by molar-refractivity contribution is -0.140. The Balaban J connectivity index is 1.85. The lowest BCUT2D eigenvalue weighted by atomic mass is 10.0. The lowest BCUT2D eigenvalue weighted by Crippen LogP contribution is -2.32. The highest BCUT2D eigenvalue weighted by Crippen LogP contribution is 2.40. The highest BCUT2D eigenvalue weighted by atomic mass is 16.3. The molecule has 0 saturated carbocycles. The van der Waals surface area contributed by atoms with Gasteiger partial charge in [-0.25, -0.2) is 4.98 Å². The van der Waals surface area contributed by atoms with Crippen LogP contribution in [0.3, 0.4) is 0 Å². The number of pyridine rings is 1. The second-order valence-corrected chi connectivity index (χ2v) is 7.64. The zero-order valence-corrected chi connectivity index (χ0v) is 17.2. The van der Waals surface area contributed by atoms with Crippen LogP contribution in [-0.2, 0) is 9.59 Å². The van der Waals surface area contributed by atoms with Crippen LogP contribution in [0.15, 0.2) is 52.8 Å². The fourth-order valence-electron chi connectivity index (χ4n) is 3.94. The van der Waals surface area contributed by atoms with Crippen LogP contribution < -0.4 is 0 Å². The fraction of sp³-hybridized carbons (Fsp3) is 0.318. The molecule has 0 aliphatic carbocycles. The number of ketones is 1. The standard InChI is InChI=1S/C22H24N4O4/c1-14-18(25-11-5-4-9-16(25)23-14)20(27)17-19(15-8-6-13-30-15)26(22(29)21(17)28)12-7-10-24(2)3/h4-6,8-9,11,13,19,27H,7,10,12H2,1-3H3/t19-/m0/s1. The molecule has 0 radical (unpaired) electrons. The van der Waals surface area contributed by atoms with E-state index in [1.165, 1.54) is 11.2 Å². The lowest BCUT2D eigenvalue weighted by Gasteiger charge is -2.24. The number of imidazole rings is 1. The fourth-order valence-corrected chi connectivity index (χ4v) is 3.94. The summed E-state index contributed by atoms with van der Waals surface area (Å²) in [4.78, 5) is 33.8. The smallest absolute Gasteiger partial charge is 0.295 e. The maximum Gasteiger partial charge on any atom is 0.295 e. The normalized spacial score (nSPS) is 18.8. The van der Waals surface area contributed by atoms with Crippen LogP contribution in [0.2, 0.25) is 0 Å². The van der Waals surface area contributed by atoms with Crippen molar-refractivity contribution in [1.29, 1.82) is 0 Å². The van der Waals surface area contributed by atoms with Crippen molar-refractivity contribution < 1.29 is 19.1 Å². The average molecular weight is 408 g/mol. The molecule has 0 aromatic carbocycles. The van der Waals surface area contributed by atoms with Gasteiger partial charge in [-0.15, -0.1) is 0 Å². The summed E-state index contributed by atoms with van der Waals surface area (Å²) >= 11 is 0. The van der Waals surface area contributed by atoms with Crippen molar-refractivity contribution in [3.05, 3.63) is 65.5 Å². The number of hydrogen-bond donors (Lipinski definition) is 1. The topological polar surface area (TPSA) is 91.3 Å². The van der Waals surface area contributed by atoms with Crippen LogP contribution in [-0.4, -0.2) is 63.2 Å². The number of fused-ring (bicyclic) bond motifs is 1. The first-order valence-corrected chi connectivity index (χ1v) is 9.80. The third-order valence-electron chi connectivity index (χ3n) is 5.29. The first-order chi connectivity index (χ1) is 14.4. The molecule has 0 unspecified atom stereocenters. The number of aromatic nitrogens is 2. The maximum absolute atomic E-state index is 13.0. The second-order valence-electron chi connectivity index (χ2n) is 7.64. The largest absolute Gasteiger partial charge is 0.505 e. The van der Waals surface area contributed by atoms with Crippen molar-refractivity contribution in [2.24, 2.45) is 0 Å². The summed E-state index contributed by atoms with van der Waals surface area (Å²) < 4.78 is 7.27. The van der Waals surface area contributed by atoms with Gasteiger partial charge >= 0.3 is 0 Å². The molecule has 0 bridgehead atoms. The summed E-state index contributed by atoms with van der Waals surface area (Å²) in [6.07, 6.45) is 3.94. The molecular formula is C22H24N4O4. The molecule has 1 aliphatic rings. The highest BCUT2D eigenvalue weighted by Gasteiger charge is 2.47. The molecule has 4 heterocycles. The van der Waals surface area contributed by atoms with E-state index in [1.54, 1.807) is 29.7 Å². The first-order valence-electron chi connectivity index (χ1n) is 9.80. The predicted octanol–water partition coefficient (Wildman–Crippen LogP) is 2.61. The molecule has 156 valence electrons. The van der Waals surface area contributed by atoms with Gasteiger partial charge in [-0.2, -0.15) is 0 Å². The van der Waals surface area contributed by atoms with Crippen LogP contribution in [0.4, 0.5) is 0 Å². The van der Waals surface area contributed by atoms with Crippen molar-refractivity contribution >= 4 is 23.1 Å². The molecule has 1 amide bonds. The third kappa shape index (κ3) is 3.29. The van der Waals surface area contributed by atoms with E-state index in [1.807, 2.05) is 37.2 Å². The monoisotopic (exact) mass is 408 g/mol. The summed E-state index contributed by atoms with van der Waals surface area (Å²) in [6, 6.07) is 8.11. The van der Waals surface area contributed by atoms with Gasteiger partial charge in [0.15, 0.2) is 5.76 Å². The van der Waals surface area contributed by atoms with Crippen molar-refractivity contribution in [2.45, 2.75) is 19.4 Å². The van der Waals surface area contributed by atoms with Crippen LogP contribution >= 0.6 is 0 Å². The Morgan fingerprint density at radius 2 is 2.03 bits per heavy atom. The summed E-state index contributed by atoms with van der Waals surface area (Å²) in [5.41, 5.74) is 1.63. The number of aliphatic hydroxyl groups is 1. The van der Waals surface area contributed by atoms with Gasteiger partial charge in [-0.3, -0.25) is 14.0 Å². The summed E-state index contributed by atoms with van der Waals surface area (Å²) in [5, 5.41) is 11.2. The second kappa shape index (κ2) is 7.79. The molecule has 1 N–H and O–H groups in total. The van der Waals surface area contributed by atoms with Crippen molar-refractivity contribution in [1.82, 2.24) is 19.2 Å². The summed E-state index contributed by atoms with van der Waals surface area (Å²) in [6.45, 7) is 2.90. The van der Waals surface area contributed by atoms with Gasteiger partial charge in [0.05, 0.1) is 17.5 Å². The number of Topliss-reactive ketones (excluding diaryl/α,β-unsaturated/α-hetero) is 1. The number of likely N-dealkylation sites (tertiary alicyclic amines) is 1. The molecule has 30 heavy (non-hydrogen) atoms. The quantitative estimate of drug-likeness (QED) is 0.383. The van der Waals surface area contributed by atoms with E-state index in [0.717, 1.165) is 6.54 Å². The van der Waals surface area contributed by atoms with Crippen LogP contribution in [0.25, 0.3) is 11.4 Å². The van der Waals surface area contributed by atoms with Gasteiger partial charge in [0.1, 0.15) is 23.1 Å². The van der Waals surface area contributed by atoms with E-state index in [9.17, 15) is 14.7 Å². The molecule has 4 rings (SSSR count). The van der Waals surface area contributed by atoms with E-state index in [4.69, 9.17) is 4.42 Å². The number of aryl methyl sites for hydroxylation is 1. The minimum Gasteiger partial charge on any atom is -0.505 e. The van der Waals surface area contributed by atoms with Crippen LogP contribution in [0, 0.1) is 6.92 Å². The minimum absolute atomic E-state index is 0.0218. The zero-order chi connectivity index (χ0) is 21.4. The number of hydrogen-bond acceptors (Lipinski definition) is 6. The Morgan fingerprint density at radius 1 is 1.23 bits per heavy atom. The first kappa shape index (κ1) is 19.9. The Labute approximate surface area is 174 Å². The Morgan fingerprint density at radius 3 is 2.73 bits per heavy atom. The Kier molecular flexibility index (Phi) is 5.17. The molecule has 1 fully saturated rings.